The number of hydrogen-bond acceptors (Lipinski definition) is 2. The quantitative estimate of drug-likeness (QED) is 0.757. The van der Waals surface area contributed by atoms with Gasteiger partial charge in [0.2, 0.25) is 5.91 Å². The Hall–Kier alpha value is -1.79. The number of nitrogens with two attached hydrogens (primary N) is 1. The second-order valence-electron chi connectivity index (χ2n) is 5.19. The van der Waals surface area contributed by atoms with Crippen LogP contribution in [0.5, 0.6) is 0 Å². The molecule has 3 nitrogen and oxygen atoms in total. The van der Waals surface area contributed by atoms with Gasteiger partial charge in [-0.15, -0.1) is 0 Å². The van der Waals surface area contributed by atoms with E-state index in [1.807, 2.05) is 24.3 Å². The van der Waals surface area contributed by atoms with Crippen LogP contribution in [0, 0.1) is 17.8 Å². The molecule has 0 fully saturated rings. The van der Waals surface area contributed by atoms with E-state index in [4.69, 9.17) is 5.73 Å². The third-order valence-corrected chi connectivity index (χ3v) is 3.40. The number of carbonyl (C=O) groups is 1. The van der Waals surface area contributed by atoms with Crippen LogP contribution in [0.15, 0.2) is 24.3 Å². The Kier molecular flexibility index (Phi) is 8.23. The van der Waals surface area contributed by atoms with Gasteiger partial charge in [0.05, 0.1) is 6.54 Å². The fraction of sp³-hybridized carbons (Fsp3) is 0.500. The molecule has 0 bridgehead atoms. The summed E-state index contributed by atoms with van der Waals surface area (Å²) >= 11 is 0. The lowest BCUT2D eigenvalue weighted by atomic mass is 9.97. The molecule has 0 aliphatic carbocycles. The summed E-state index contributed by atoms with van der Waals surface area (Å²) in [5.41, 5.74) is 7.38. The number of nitrogens with one attached hydrogen (secondary N) is 1. The highest BCUT2D eigenvalue weighted by molar-refractivity contribution is 5.78. The summed E-state index contributed by atoms with van der Waals surface area (Å²) in [6, 6.07) is 7.91. The summed E-state index contributed by atoms with van der Waals surface area (Å²) < 4.78 is 0. The molecule has 0 saturated carbocycles. The van der Waals surface area contributed by atoms with E-state index in [-0.39, 0.29) is 11.8 Å². The lowest BCUT2D eigenvalue weighted by Crippen LogP contribution is -2.30. The average Bonchev–Trinajstić information content (AvgIpc) is 2.51. The Labute approximate surface area is 128 Å². The van der Waals surface area contributed by atoms with Gasteiger partial charge < -0.3 is 11.1 Å². The van der Waals surface area contributed by atoms with E-state index < -0.39 is 0 Å². The van der Waals surface area contributed by atoms with E-state index in [0.29, 0.717) is 13.1 Å². The largest absolute Gasteiger partial charge is 0.352 e. The standard InChI is InChI=1S/C18H26N2O/c1-3-6-17(7-4-2)18(21)20-14-16-11-9-15(10-12-16)8-5-13-19/h9-12,17H,3-4,6-7,13-14,19H2,1-2H3,(H,20,21). The lowest BCUT2D eigenvalue weighted by Gasteiger charge is -2.15. The van der Waals surface area contributed by atoms with Gasteiger partial charge in [-0.25, -0.2) is 0 Å². The molecule has 0 atom stereocenters. The minimum atomic E-state index is 0.148. The zero-order chi connectivity index (χ0) is 15.5. The summed E-state index contributed by atoms with van der Waals surface area (Å²) in [6.45, 7) is 5.19. The van der Waals surface area contributed by atoms with Gasteiger partial charge in [0.15, 0.2) is 0 Å². The van der Waals surface area contributed by atoms with Crippen LogP contribution < -0.4 is 11.1 Å². The predicted molar refractivity (Wildman–Crippen MR) is 87.5 cm³/mol. The van der Waals surface area contributed by atoms with Gasteiger partial charge >= 0.3 is 0 Å². The Morgan fingerprint density at radius 1 is 1.19 bits per heavy atom. The molecular formula is C18H26N2O. The van der Waals surface area contributed by atoms with E-state index >= 15 is 0 Å². The molecule has 0 saturated heterocycles. The summed E-state index contributed by atoms with van der Waals surface area (Å²) in [4.78, 5) is 12.2. The molecular weight excluding hydrogens is 260 g/mol. The molecule has 0 aromatic heterocycles. The minimum Gasteiger partial charge on any atom is -0.352 e. The van der Waals surface area contributed by atoms with Crippen LogP contribution in [0.2, 0.25) is 0 Å². The van der Waals surface area contributed by atoms with Crippen molar-refractivity contribution in [3.05, 3.63) is 35.4 Å². The van der Waals surface area contributed by atoms with Crippen molar-refractivity contribution in [2.24, 2.45) is 11.7 Å². The van der Waals surface area contributed by atoms with Crippen molar-refractivity contribution >= 4 is 5.91 Å². The molecule has 0 radical (unpaired) electrons. The van der Waals surface area contributed by atoms with Gasteiger partial charge in [0, 0.05) is 18.0 Å². The van der Waals surface area contributed by atoms with E-state index in [9.17, 15) is 4.79 Å². The van der Waals surface area contributed by atoms with Crippen molar-refractivity contribution in [1.29, 1.82) is 0 Å². The highest BCUT2D eigenvalue weighted by atomic mass is 16.1. The molecule has 1 amide bonds. The third-order valence-electron chi connectivity index (χ3n) is 3.40. The first-order valence-electron chi connectivity index (χ1n) is 7.76. The van der Waals surface area contributed by atoms with Gasteiger partial charge in [-0.3, -0.25) is 4.79 Å². The van der Waals surface area contributed by atoms with Crippen molar-refractivity contribution in [3.8, 4) is 11.8 Å². The van der Waals surface area contributed by atoms with Gasteiger partial charge in [0.1, 0.15) is 0 Å². The molecule has 0 aliphatic rings. The normalized spacial score (nSPS) is 10.1. The number of hydrogen-bond donors (Lipinski definition) is 2. The lowest BCUT2D eigenvalue weighted by molar-refractivity contribution is -0.125. The average molecular weight is 286 g/mol. The maximum atomic E-state index is 12.2. The number of rotatable bonds is 7. The fourth-order valence-corrected chi connectivity index (χ4v) is 2.30. The second-order valence-corrected chi connectivity index (χ2v) is 5.19. The summed E-state index contributed by atoms with van der Waals surface area (Å²) in [5.74, 6) is 6.13. The molecule has 3 heteroatoms. The number of benzene rings is 1. The Morgan fingerprint density at radius 2 is 1.81 bits per heavy atom. The molecule has 0 aliphatic heterocycles. The van der Waals surface area contributed by atoms with Crippen molar-refractivity contribution in [1.82, 2.24) is 5.32 Å². The van der Waals surface area contributed by atoms with Gasteiger partial charge in [-0.05, 0) is 30.5 Å². The van der Waals surface area contributed by atoms with E-state index in [1.165, 1.54) is 0 Å². The zero-order valence-corrected chi connectivity index (χ0v) is 13.1. The Morgan fingerprint density at radius 3 is 2.33 bits per heavy atom. The van der Waals surface area contributed by atoms with Crippen LogP contribution in [0.25, 0.3) is 0 Å². The SMILES string of the molecule is CCCC(CCC)C(=O)NCc1ccc(C#CCN)cc1. The Bertz CT molecular complexity index is 476. The smallest absolute Gasteiger partial charge is 0.223 e. The summed E-state index contributed by atoms with van der Waals surface area (Å²) in [7, 11) is 0. The first-order valence-corrected chi connectivity index (χ1v) is 7.76. The van der Waals surface area contributed by atoms with E-state index in [1.54, 1.807) is 0 Å². The molecule has 0 heterocycles. The van der Waals surface area contributed by atoms with Crippen LogP contribution >= 0.6 is 0 Å². The molecule has 0 unspecified atom stereocenters. The Balaban J connectivity index is 2.51. The van der Waals surface area contributed by atoms with E-state index in [0.717, 1.165) is 36.8 Å². The maximum Gasteiger partial charge on any atom is 0.223 e. The van der Waals surface area contributed by atoms with Crippen LogP contribution in [0.3, 0.4) is 0 Å². The number of amides is 1. The summed E-state index contributed by atoms with van der Waals surface area (Å²) in [6.07, 6.45) is 4.03. The monoisotopic (exact) mass is 286 g/mol. The maximum absolute atomic E-state index is 12.2. The minimum absolute atomic E-state index is 0.148. The van der Waals surface area contributed by atoms with Crippen molar-refractivity contribution < 1.29 is 4.79 Å². The first kappa shape index (κ1) is 17.3. The molecule has 1 aromatic carbocycles. The van der Waals surface area contributed by atoms with Crippen LogP contribution in [0.1, 0.15) is 50.7 Å². The van der Waals surface area contributed by atoms with Crippen LogP contribution in [-0.2, 0) is 11.3 Å². The highest BCUT2D eigenvalue weighted by Gasteiger charge is 2.15. The van der Waals surface area contributed by atoms with Crippen LogP contribution in [0.4, 0.5) is 0 Å². The molecule has 0 spiro atoms. The zero-order valence-electron chi connectivity index (χ0n) is 13.1. The topological polar surface area (TPSA) is 55.1 Å². The van der Waals surface area contributed by atoms with Crippen molar-refractivity contribution in [2.45, 2.75) is 46.1 Å². The fourth-order valence-electron chi connectivity index (χ4n) is 2.30. The first-order chi connectivity index (χ1) is 10.2. The number of carbonyl (C=O) groups excluding carboxylic acids is 1. The highest BCUT2D eigenvalue weighted by Crippen LogP contribution is 2.14. The van der Waals surface area contributed by atoms with Gasteiger partial charge in [-0.1, -0.05) is 50.7 Å². The van der Waals surface area contributed by atoms with Crippen molar-refractivity contribution in [2.75, 3.05) is 6.54 Å². The molecule has 3 N–H and O–H groups in total. The molecule has 114 valence electrons. The third kappa shape index (κ3) is 6.46. The second kappa shape index (κ2) is 10.0. The van der Waals surface area contributed by atoms with Crippen molar-refractivity contribution in [3.63, 3.8) is 0 Å². The predicted octanol–water partition coefficient (Wildman–Crippen LogP) is 2.83. The van der Waals surface area contributed by atoms with Gasteiger partial charge in [-0.2, -0.15) is 0 Å². The molecule has 21 heavy (non-hydrogen) atoms. The molecule has 1 rings (SSSR count). The van der Waals surface area contributed by atoms with E-state index in [2.05, 4.69) is 31.0 Å². The molecule has 1 aromatic rings. The van der Waals surface area contributed by atoms with Gasteiger partial charge in [0.25, 0.3) is 0 Å². The van der Waals surface area contributed by atoms with Crippen LogP contribution in [-0.4, -0.2) is 12.5 Å². The summed E-state index contributed by atoms with van der Waals surface area (Å²) in [5, 5.41) is 3.04.